The van der Waals surface area contributed by atoms with Gasteiger partial charge in [-0.25, -0.2) is 0 Å². The van der Waals surface area contributed by atoms with Crippen molar-refractivity contribution in [2.24, 2.45) is 11.7 Å². The van der Waals surface area contributed by atoms with Crippen LogP contribution in [0.1, 0.15) is 24.4 Å². The predicted octanol–water partition coefficient (Wildman–Crippen LogP) is 3.00. The number of benzene rings is 1. The van der Waals surface area contributed by atoms with E-state index in [4.69, 9.17) is 10.5 Å². The van der Waals surface area contributed by atoms with Gasteiger partial charge in [0.15, 0.2) is 0 Å². The fourth-order valence-corrected chi connectivity index (χ4v) is 2.50. The van der Waals surface area contributed by atoms with Crippen molar-refractivity contribution in [3.8, 4) is 5.75 Å². The monoisotopic (exact) mass is 321 g/mol. The number of rotatable bonds is 2. The van der Waals surface area contributed by atoms with Crippen LogP contribution in [-0.2, 0) is 4.74 Å². The first kappa shape index (κ1) is 14.8. The van der Waals surface area contributed by atoms with Gasteiger partial charge in [-0.1, -0.05) is 15.9 Å². The summed E-state index contributed by atoms with van der Waals surface area (Å²) >= 11 is 3.40. The molecule has 3 nitrogen and oxygen atoms in total. The first-order chi connectivity index (χ1) is 7.68. The number of aromatic hydroxyl groups is 1. The number of halogens is 2. The van der Waals surface area contributed by atoms with Crippen LogP contribution in [0.3, 0.4) is 0 Å². The van der Waals surface area contributed by atoms with Crippen molar-refractivity contribution in [3.63, 3.8) is 0 Å². The third-order valence-corrected chi connectivity index (χ3v) is 3.62. The number of ether oxygens (including phenoxy) is 1. The minimum Gasteiger partial charge on any atom is -0.508 e. The van der Waals surface area contributed by atoms with E-state index in [0.717, 1.165) is 36.1 Å². The second-order valence-corrected chi connectivity index (χ2v) is 5.09. The molecule has 1 aliphatic rings. The van der Waals surface area contributed by atoms with Crippen LogP contribution in [0.15, 0.2) is 22.7 Å². The smallest absolute Gasteiger partial charge is 0.120 e. The number of nitrogens with two attached hydrogens (primary N) is 1. The third kappa shape index (κ3) is 3.58. The van der Waals surface area contributed by atoms with E-state index in [0.29, 0.717) is 5.92 Å². The van der Waals surface area contributed by atoms with Gasteiger partial charge in [0.1, 0.15) is 5.75 Å². The zero-order chi connectivity index (χ0) is 11.5. The second kappa shape index (κ2) is 6.59. The fraction of sp³-hybridized carbons (Fsp3) is 0.500. The van der Waals surface area contributed by atoms with E-state index >= 15 is 0 Å². The maximum absolute atomic E-state index is 9.80. The van der Waals surface area contributed by atoms with E-state index in [2.05, 4.69) is 15.9 Å². The van der Waals surface area contributed by atoms with Gasteiger partial charge in [-0.3, -0.25) is 0 Å². The number of hydrogen-bond donors (Lipinski definition) is 2. The summed E-state index contributed by atoms with van der Waals surface area (Å²) in [6.07, 6.45) is 1.93. The largest absolute Gasteiger partial charge is 0.508 e. The summed E-state index contributed by atoms with van der Waals surface area (Å²) in [4.78, 5) is 0. The molecule has 1 heterocycles. The quantitative estimate of drug-likeness (QED) is 0.880. The van der Waals surface area contributed by atoms with E-state index in [9.17, 15) is 5.11 Å². The molecule has 3 N–H and O–H groups in total. The van der Waals surface area contributed by atoms with Gasteiger partial charge >= 0.3 is 0 Å². The molecule has 17 heavy (non-hydrogen) atoms. The highest BCUT2D eigenvalue weighted by atomic mass is 79.9. The second-order valence-electron chi connectivity index (χ2n) is 4.18. The maximum atomic E-state index is 9.80. The van der Waals surface area contributed by atoms with Crippen LogP contribution in [0, 0.1) is 5.92 Å². The molecule has 1 aromatic carbocycles. The first-order valence-corrected chi connectivity index (χ1v) is 6.29. The summed E-state index contributed by atoms with van der Waals surface area (Å²) in [7, 11) is 0. The van der Waals surface area contributed by atoms with E-state index < -0.39 is 0 Å². The zero-order valence-electron chi connectivity index (χ0n) is 9.43. The zero-order valence-corrected chi connectivity index (χ0v) is 11.8. The van der Waals surface area contributed by atoms with Crippen LogP contribution in [0.5, 0.6) is 5.75 Å². The molecule has 0 radical (unpaired) electrons. The molecule has 1 aromatic rings. The van der Waals surface area contributed by atoms with E-state index in [1.807, 2.05) is 12.1 Å². The van der Waals surface area contributed by atoms with Crippen LogP contribution in [0.2, 0.25) is 0 Å². The van der Waals surface area contributed by atoms with Crippen molar-refractivity contribution in [1.82, 2.24) is 0 Å². The van der Waals surface area contributed by atoms with Gasteiger partial charge in [-0.15, -0.1) is 12.4 Å². The van der Waals surface area contributed by atoms with Crippen LogP contribution in [0.4, 0.5) is 0 Å². The van der Waals surface area contributed by atoms with Crippen molar-refractivity contribution in [2.45, 2.75) is 18.9 Å². The molecular weight excluding hydrogens is 305 g/mol. The summed E-state index contributed by atoms with van der Waals surface area (Å²) < 4.78 is 6.26. The highest BCUT2D eigenvalue weighted by molar-refractivity contribution is 9.10. The Labute approximate surface area is 116 Å². The lowest BCUT2D eigenvalue weighted by atomic mass is 9.87. The Morgan fingerprint density at radius 2 is 2.00 bits per heavy atom. The molecule has 2 rings (SSSR count). The van der Waals surface area contributed by atoms with Crippen molar-refractivity contribution >= 4 is 28.3 Å². The van der Waals surface area contributed by atoms with Gasteiger partial charge in [-0.2, -0.15) is 0 Å². The molecule has 0 saturated carbocycles. The SMILES string of the molecule is Cl.N[C@H](c1cc(Br)ccc1O)C1CCOCC1. The molecular formula is C12H17BrClNO2. The Bertz CT molecular complexity index is 370. The van der Waals surface area contributed by atoms with Crippen LogP contribution in [-0.4, -0.2) is 18.3 Å². The molecule has 0 aromatic heterocycles. The Balaban J connectivity index is 0.00000144. The van der Waals surface area contributed by atoms with E-state index in [1.54, 1.807) is 6.07 Å². The van der Waals surface area contributed by atoms with E-state index in [1.165, 1.54) is 0 Å². The minimum atomic E-state index is -0.110. The lowest BCUT2D eigenvalue weighted by Crippen LogP contribution is -2.27. The Hall–Kier alpha value is -0.290. The molecule has 1 fully saturated rings. The molecule has 1 aliphatic heterocycles. The van der Waals surface area contributed by atoms with Crippen LogP contribution < -0.4 is 5.73 Å². The normalized spacial score (nSPS) is 18.5. The topological polar surface area (TPSA) is 55.5 Å². The molecule has 0 bridgehead atoms. The molecule has 1 saturated heterocycles. The molecule has 0 amide bonds. The number of hydrogen-bond acceptors (Lipinski definition) is 3. The van der Waals surface area contributed by atoms with Gasteiger partial charge in [0.2, 0.25) is 0 Å². The van der Waals surface area contributed by atoms with Crippen molar-refractivity contribution in [3.05, 3.63) is 28.2 Å². The predicted molar refractivity (Wildman–Crippen MR) is 73.5 cm³/mol. The Morgan fingerprint density at radius 3 is 2.65 bits per heavy atom. The lowest BCUT2D eigenvalue weighted by molar-refractivity contribution is 0.0581. The Morgan fingerprint density at radius 1 is 1.35 bits per heavy atom. The molecule has 0 spiro atoms. The van der Waals surface area contributed by atoms with Crippen molar-refractivity contribution in [1.29, 1.82) is 0 Å². The molecule has 0 unspecified atom stereocenters. The summed E-state index contributed by atoms with van der Waals surface area (Å²) in [6.45, 7) is 1.54. The van der Waals surface area contributed by atoms with Crippen LogP contribution >= 0.6 is 28.3 Å². The molecule has 1 atom stereocenters. The summed E-state index contributed by atoms with van der Waals surface area (Å²) in [5, 5.41) is 9.80. The van der Waals surface area contributed by atoms with Gasteiger partial charge in [0.05, 0.1) is 0 Å². The molecule has 0 aliphatic carbocycles. The summed E-state index contributed by atoms with van der Waals surface area (Å²) in [5.41, 5.74) is 7.02. The van der Waals surface area contributed by atoms with Crippen molar-refractivity contribution in [2.75, 3.05) is 13.2 Å². The van der Waals surface area contributed by atoms with Gasteiger partial charge in [-0.05, 0) is 37.0 Å². The van der Waals surface area contributed by atoms with Gasteiger partial charge in [0.25, 0.3) is 0 Å². The number of phenols is 1. The fourth-order valence-electron chi connectivity index (χ4n) is 2.12. The highest BCUT2D eigenvalue weighted by Crippen LogP contribution is 2.34. The van der Waals surface area contributed by atoms with Gasteiger partial charge < -0.3 is 15.6 Å². The average molecular weight is 323 g/mol. The van der Waals surface area contributed by atoms with Crippen LogP contribution in [0.25, 0.3) is 0 Å². The standard InChI is InChI=1S/C12H16BrNO2.ClH/c13-9-1-2-11(15)10(7-9)12(14)8-3-5-16-6-4-8;/h1-2,7-8,12,15H,3-6,14H2;1H/t12-;/m0./s1. The maximum Gasteiger partial charge on any atom is 0.120 e. The highest BCUT2D eigenvalue weighted by Gasteiger charge is 2.24. The van der Waals surface area contributed by atoms with E-state index in [-0.39, 0.29) is 24.2 Å². The molecule has 96 valence electrons. The first-order valence-electron chi connectivity index (χ1n) is 5.50. The molecule has 5 heteroatoms. The Kier molecular flexibility index (Phi) is 5.73. The van der Waals surface area contributed by atoms with Crippen molar-refractivity contribution < 1.29 is 9.84 Å². The third-order valence-electron chi connectivity index (χ3n) is 3.12. The van der Waals surface area contributed by atoms with Gasteiger partial charge in [0, 0.05) is 29.3 Å². The number of phenolic OH excluding ortho intramolecular Hbond substituents is 1. The summed E-state index contributed by atoms with van der Waals surface area (Å²) in [5.74, 6) is 0.677. The lowest BCUT2D eigenvalue weighted by Gasteiger charge is -2.28. The minimum absolute atomic E-state index is 0. The summed E-state index contributed by atoms with van der Waals surface area (Å²) in [6, 6.07) is 5.28. The average Bonchev–Trinajstić information content (AvgIpc) is 2.32.